The fourth-order valence-corrected chi connectivity index (χ4v) is 4.32. The molecule has 11 heteroatoms. The second-order valence-electron chi connectivity index (χ2n) is 8.35. The number of aromatic nitrogens is 3. The van der Waals surface area contributed by atoms with Gasteiger partial charge < -0.3 is 15.1 Å². The van der Waals surface area contributed by atoms with Crippen molar-refractivity contribution in [3.63, 3.8) is 0 Å². The maximum atomic E-state index is 13.9. The van der Waals surface area contributed by atoms with E-state index in [1.54, 1.807) is 4.90 Å². The second kappa shape index (κ2) is 8.01. The standard InChI is InChI=1S/C20H25F3N6O2/c1-11(2)24-18-17-12(20(21,22)23)9-13(25-19(17)27-26-18)14-5-3-8-29(14)16(31)10-28-7-4-6-15(28)30/h9,11,14H,3-8,10H2,1-2H3,(H2,24,25,26,27)/t14-/m0/s1. The van der Waals surface area contributed by atoms with Crippen molar-refractivity contribution in [2.24, 2.45) is 0 Å². The lowest BCUT2D eigenvalue weighted by Gasteiger charge is -2.27. The van der Waals surface area contributed by atoms with Crippen LogP contribution in [0.2, 0.25) is 0 Å². The Bertz CT molecular complexity index is 1000. The fourth-order valence-electron chi connectivity index (χ4n) is 4.32. The van der Waals surface area contributed by atoms with Crippen LogP contribution >= 0.6 is 0 Å². The van der Waals surface area contributed by atoms with Crippen LogP contribution in [0.4, 0.5) is 19.0 Å². The van der Waals surface area contributed by atoms with E-state index in [0.29, 0.717) is 32.4 Å². The first kappa shape index (κ1) is 21.4. The van der Waals surface area contributed by atoms with Crippen molar-refractivity contribution in [3.8, 4) is 0 Å². The van der Waals surface area contributed by atoms with Gasteiger partial charge in [0, 0.05) is 25.6 Å². The number of nitrogens with zero attached hydrogens (tertiary/aromatic N) is 4. The topological polar surface area (TPSA) is 94.2 Å². The molecule has 2 N–H and O–H groups in total. The number of amides is 2. The first-order valence-corrected chi connectivity index (χ1v) is 10.4. The molecule has 0 radical (unpaired) electrons. The molecule has 4 heterocycles. The molecule has 2 fully saturated rings. The van der Waals surface area contributed by atoms with Crippen molar-refractivity contribution in [3.05, 3.63) is 17.3 Å². The van der Waals surface area contributed by atoms with Gasteiger partial charge in [-0.25, -0.2) is 4.98 Å². The third-order valence-electron chi connectivity index (χ3n) is 5.69. The molecule has 8 nitrogen and oxygen atoms in total. The number of alkyl halides is 3. The van der Waals surface area contributed by atoms with E-state index in [4.69, 9.17) is 0 Å². The van der Waals surface area contributed by atoms with Crippen molar-refractivity contribution >= 4 is 28.7 Å². The monoisotopic (exact) mass is 438 g/mol. The number of aromatic amines is 1. The van der Waals surface area contributed by atoms with Crippen LogP contribution in [0, 0.1) is 0 Å². The quantitative estimate of drug-likeness (QED) is 0.748. The van der Waals surface area contributed by atoms with Gasteiger partial charge in [0.15, 0.2) is 11.5 Å². The van der Waals surface area contributed by atoms with Gasteiger partial charge in [0.2, 0.25) is 11.8 Å². The lowest BCUT2D eigenvalue weighted by atomic mass is 10.0. The van der Waals surface area contributed by atoms with Crippen LogP contribution in [0.15, 0.2) is 6.07 Å². The number of carbonyl (C=O) groups excluding carboxylic acids is 2. The van der Waals surface area contributed by atoms with Crippen LogP contribution in [-0.4, -0.2) is 62.5 Å². The van der Waals surface area contributed by atoms with Gasteiger partial charge in [-0.3, -0.25) is 14.7 Å². The van der Waals surface area contributed by atoms with Gasteiger partial charge in [-0.05, 0) is 39.2 Å². The number of anilines is 1. The maximum Gasteiger partial charge on any atom is 0.417 e. The normalized spacial score (nSPS) is 19.8. The Kier molecular flexibility index (Phi) is 5.52. The lowest BCUT2D eigenvalue weighted by molar-refractivity contribution is -0.139. The summed E-state index contributed by atoms with van der Waals surface area (Å²) in [6.07, 6.45) is -2.29. The van der Waals surface area contributed by atoms with Crippen molar-refractivity contribution in [2.75, 3.05) is 25.0 Å². The first-order valence-electron chi connectivity index (χ1n) is 10.4. The van der Waals surface area contributed by atoms with Gasteiger partial charge in [-0.1, -0.05) is 0 Å². The van der Waals surface area contributed by atoms with Crippen molar-refractivity contribution in [2.45, 2.75) is 57.8 Å². The minimum atomic E-state index is -4.61. The molecule has 0 bridgehead atoms. The minimum Gasteiger partial charge on any atom is -0.366 e. The Morgan fingerprint density at radius 2 is 2.10 bits per heavy atom. The number of likely N-dealkylation sites (tertiary alicyclic amines) is 2. The number of nitrogens with one attached hydrogen (secondary N) is 2. The zero-order valence-corrected chi connectivity index (χ0v) is 17.4. The number of rotatable bonds is 5. The van der Waals surface area contributed by atoms with Gasteiger partial charge in [0.05, 0.1) is 29.2 Å². The largest absolute Gasteiger partial charge is 0.417 e. The highest BCUT2D eigenvalue weighted by Gasteiger charge is 2.39. The van der Waals surface area contributed by atoms with E-state index in [-0.39, 0.29) is 46.9 Å². The molecule has 2 saturated heterocycles. The predicted molar refractivity (Wildman–Crippen MR) is 107 cm³/mol. The number of halogens is 3. The number of carbonyl (C=O) groups is 2. The predicted octanol–water partition coefficient (Wildman–Crippen LogP) is 3.08. The van der Waals surface area contributed by atoms with Crippen LogP contribution in [0.3, 0.4) is 0 Å². The summed E-state index contributed by atoms with van der Waals surface area (Å²) in [5.74, 6) is -0.228. The summed E-state index contributed by atoms with van der Waals surface area (Å²) in [5, 5.41) is 9.39. The SMILES string of the molecule is CC(C)Nc1n[nH]c2nc([C@@H]3CCCN3C(=O)CN3CCCC3=O)cc(C(F)(F)F)c12. The van der Waals surface area contributed by atoms with Gasteiger partial charge in [-0.2, -0.15) is 18.3 Å². The summed E-state index contributed by atoms with van der Waals surface area (Å²) >= 11 is 0. The summed E-state index contributed by atoms with van der Waals surface area (Å²) in [5.41, 5.74) is -0.626. The van der Waals surface area contributed by atoms with E-state index in [2.05, 4.69) is 20.5 Å². The van der Waals surface area contributed by atoms with E-state index in [1.165, 1.54) is 4.90 Å². The molecule has 2 amide bonds. The molecular formula is C20H25F3N6O2. The zero-order valence-electron chi connectivity index (χ0n) is 17.4. The molecule has 31 heavy (non-hydrogen) atoms. The van der Waals surface area contributed by atoms with E-state index < -0.39 is 17.8 Å². The third-order valence-corrected chi connectivity index (χ3v) is 5.69. The molecule has 0 aliphatic carbocycles. The Labute approximate surface area is 177 Å². The molecule has 0 unspecified atom stereocenters. The van der Waals surface area contributed by atoms with Gasteiger partial charge in [0.25, 0.3) is 0 Å². The number of hydrogen-bond donors (Lipinski definition) is 2. The van der Waals surface area contributed by atoms with Crippen molar-refractivity contribution in [1.29, 1.82) is 0 Å². The minimum absolute atomic E-state index is 0.0296. The molecule has 0 saturated carbocycles. The highest BCUT2D eigenvalue weighted by Crippen LogP contribution is 2.40. The van der Waals surface area contributed by atoms with Crippen LogP contribution in [0.5, 0.6) is 0 Å². The van der Waals surface area contributed by atoms with Crippen molar-refractivity contribution < 1.29 is 22.8 Å². The number of pyridine rings is 1. The van der Waals surface area contributed by atoms with Gasteiger partial charge in [-0.15, -0.1) is 0 Å². The van der Waals surface area contributed by atoms with E-state index in [0.717, 1.165) is 12.5 Å². The average Bonchev–Trinajstić information content (AvgIpc) is 3.41. The number of H-pyrrole nitrogens is 1. The fraction of sp³-hybridized carbons (Fsp3) is 0.600. The molecule has 1 atom stereocenters. The zero-order chi connectivity index (χ0) is 22.3. The smallest absolute Gasteiger partial charge is 0.366 e. The summed E-state index contributed by atoms with van der Waals surface area (Å²) in [4.78, 5) is 32.2. The summed E-state index contributed by atoms with van der Waals surface area (Å²) in [6.45, 7) is 4.53. The van der Waals surface area contributed by atoms with E-state index in [1.807, 2.05) is 13.8 Å². The Balaban J connectivity index is 1.68. The average molecular weight is 438 g/mol. The molecule has 2 aliphatic heterocycles. The van der Waals surface area contributed by atoms with Crippen LogP contribution in [0.1, 0.15) is 56.8 Å². The Morgan fingerprint density at radius 3 is 2.74 bits per heavy atom. The van der Waals surface area contributed by atoms with Crippen LogP contribution in [-0.2, 0) is 15.8 Å². The first-order chi connectivity index (χ1) is 14.6. The number of fused-ring (bicyclic) bond motifs is 1. The summed E-state index contributed by atoms with van der Waals surface area (Å²) < 4.78 is 41.8. The van der Waals surface area contributed by atoms with Crippen LogP contribution in [0.25, 0.3) is 11.0 Å². The third kappa shape index (κ3) is 4.17. The molecule has 2 aromatic heterocycles. The van der Waals surface area contributed by atoms with Crippen LogP contribution < -0.4 is 5.32 Å². The Hall–Kier alpha value is -2.85. The van der Waals surface area contributed by atoms with Gasteiger partial charge >= 0.3 is 6.18 Å². The molecule has 2 aromatic rings. The van der Waals surface area contributed by atoms with Gasteiger partial charge in [0.1, 0.15) is 0 Å². The maximum absolute atomic E-state index is 13.9. The van der Waals surface area contributed by atoms with Crippen molar-refractivity contribution in [1.82, 2.24) is 25.0 Å². The summed E-state index contributed by atoms with van der Waals surface area (Å²) in [6, 6.07) is 0.352. The second-order valence-corrected chi connectivity index (χ2v) is 8.35. The summed E-state index contributed by atoms with van der Waals surface area (Å²) in [7, 11) is 0. The molecule has 0 spiro atoms. The lowest BCUT2D eigenvalue weighted by Crippen LogP contribution is -2.40. The number of hydrogen-bond acceptors (Lipinski definition) is 5. The van der Waals surface area contributed by atoms with E-state index in [9.17, 15) is 22.8 Å². The molecule has 168 valence electrons. The highest BCUT2D eigenvalue weighted by atomic mass is 19.4. The molecule has 4 rings (SSSR count). The molecular weight excluding hydrogens is 413 g/mol. The molecule has 0 aromatic carbocycles. The van der Waals surface area contributed by atoms with E-state index >= 15 is 0 Å². The Morgan fingerprint density at radius 1 is 1.32 bits per heavy atom. The molecule has 2 aliphatic rings. The highest BCUT2D eigenvalue weighted by molar-refractivity contribution is 5.91.